The van der Waals surface area contributed by atoms with Crippen LogP contribution < -0.4 is 5.73 Å². The third-order valence-corrected chi connectivity index (χ3v) is 4.76. The van der Waals surface area contributed by atoms with Gasteiger partial charge in [-0.3, -0.25) is 0 Å². The maximum Gasteiger partial charge on any atom is 0.141 e. The Labute approximate surface area is 117 Å². The fourth-order valence-electron chi connectivity index (χ4n) is 2.52. The number of nitrogens with two attached hydrogens (primary N) is 1. The normalized spacial score (nSPS) is 20.7. The van der Waals surface area contributed by atoms with Crippen molar-refractivity contribution in [2.45, 2.75) is 36.6 Å². The quantitative estimate of drug-likeness (QED) is 0.678. The number of anilines is 1. The van der Waals surface area contributed by atoms with Crippen molar-refractivity contribution in [3.05, 3.63) is 23.8 Å². The minimum absolute atomic E-state index is 0.0904. The first kappa shape index (κ1) is 14.6. The average molecular weight is 286 g/mol. The molecule has 0 aliphatic carbocycles. The highest BCUT2D eigenvalue weighted by molar-refractivity contribution is 7.99. The molecule has 1 aromatic rings. The van der Waals surface area contributed by atoms with Gasteiger partial charge in [-0.1, -0.05) is 6.42 Å². The maximum atomic E-state index is 13.6. The molecule has 1 saturated heterocycles. The Morgan fingerprint density at radius 1 is 1.32 bits per heavy atom. The second-order valence-corrected chi connectivity index (χ2v) is 6.19. The van der Waals surface area contributed by atoms with Crippen LogP contribution in [0.25, 0.3) is 0 Å². The highest BCUT2D eigenvalue weighted by atomic mass is 32.2. The monoisotopic (exact) mass is 286 g/mol. The molecular weight excluding hydrogens is 266 g/mol. The molecule has 2 rings (SSSR count). The van der Waals surface area contributed by atoms with E-state index in [0.717, 1.165) is 18.7 Å². The lowest BCUT2D eigenvalue weighted by Crippen LogP contribution is -2.36. The third kappa shape index (κ3) is 3.83. The van der Waals surface area contributed by atoms with Crippen LogP contribution in [0.15, 0.2) is 17.0 Å². The number of benzene rings is 1. The molecule has 0 aromatic heterocycles. The van der Waals surface area contributed by atoms with Gasteiger partial charge in [0.25, 0.3) is 0 Å². The second kappa shape index (κ2) is 6.57. The van der Waals surface area contributed by atoms with Crippen molar-refractivity contribution in [2.24, 2.45) is 0 Å². The summed E-state index contributed by atoms with van der Waals surface area (Å²) >= 11 is 1.25. The summed E-state index contributed by atoms with van der Waals surface area (Å²) in [7, 11) is 2.12. The van der Waals surface area contributed by atoms with E-state index in [2.05, 4.69) is 11.9 Å². The van der Waals surface area contributed by atoms with Gasteiger partial charge in [-0.2, -0.15) is 0 Å². The Kier molecular flexibility index (Phi) is 5.05. The average Bonchev–Trinajstić information content (AvgIpc) is 2.34. The van der Waals surface area contributed by atoms with Crippen molar-refractivity contribution in [3.8, 4) is 0 Å². The molecular formula is C14H20F2N2S. The number of halogens is 2. The van der Waals surface area contributed by atoms with Gasteiger partial charge in [-0.15, -0.1) is 11.8 Å². The number of rotatable bonds is 4. The Bertz CT molecular complexity index is 416. The van der Waals surface area contributed by atoms with E-state index in [0.29, 0.717) is 6.04 Å². The number of thioether (sulfide) groups is 1. The van der Waals surface area contributed by atoms with Crippen LogP contribution >= 0.6 is 11.8 Å². The van der Waals surface area contributed by atoms with E-state index in [9.17, 15) is 8.78 Å². The Hall–Kier alpha value is -0.810. The molecule has 1 aliphatic heterocycles. The van der Waals surface area contributed by atoms with Gasteiger partial charge >= 0.3 is 0 Å². The van der Waals surface area contributed by atoms with E-state index in [1.807, 2.05) is 0 Å². The van der Waals surface area contributed by atoms with Gasteiger partial charge in [-0.05, 0) is 50.7 Å². The molecule has 1 atom stereocenters. The largest absolute Gasteiger partial charge is 0.399 e. The zero-order valence-electron chi connectivity index (χ0n) is 11.2. The molecule has 1 fully saturated rings. The minimum Gasteiger partial charge on any atom is -0.399 e. The van der Waals surface area contributed by atoms with Crippen LogP contribution in [0.3, 0.4) is 0 Å². The predicted octanol–water partition coefficient (Wildman–Crippen LogP) is 3.51. The molecule has 0 saturated carbocycles. The van der Waals surface area contributed by atoms with Gasteiger partial charge in [0.1, 0.15) is 11.6 Å². The fourth-order valence-corrected chi connectivity index (χ4v) is 3.51. The molecule has 5 heteroatoms. The first-order chi connectivity index (χ1) is 9.08. The molecule has 1 aromatic carbocycles. The third-order valence-electron chi connectivity index (χ3n) is 3.64. The molecule has 0 radical (unpaired) electrons. The molecule has 0 bridgehead atoms. The van der Waals surface area contributed by atoms with Crippen LogP contribution in [-0.2, 0) is 0 Å². The van der Waals surface area contributed by atoms with Crippen LogP contribution in [0.4, 0.5) is 14.5 Å². The van der Waals surface area contributed by atoms with Crippen molar-refractivity contribution in [1.29, 1.82) is 0 Å². The van der Waals surface area contributed by atoms with Crippen molar-refractivity contribution >= 4 is 17.4 Å². The molecule has 0 spiro atoms. The summed E-state index contributed by atoms with van der Waals surface area (Å²) in [5.41, 5.74) is 5.53. The number of nitrogens with zero attached hydrogens (tertiary/aromatic N) is 1. The SMILES string of the molecule is CN1CCCCC1CCSc1c(F)cc(N)cc1F. The van der Waals surface area contributed by atoms with E-state index in [1.165, 1.54) is 43.2 Å². The maximum absolute atomic E-state index is 13.6. The van der Waals surface area contributed by atoms with E-state index in [1.54, 1.807) is 0 Å². The smallest absolute Gasteiger partial charge is 0.141 e. The van der Waals surface area contributed by atoms with E-state index in [4.69, 9.17) is 5.73 Å². The fraction of sp³-hybridized carbons (Fsp3) is 0.571. The first-order valence-corrected chi connectivity index (χ1v) is 7.64. The van der Waals surface area contributed by atoms with Gasteiger partial charge in [0.15, 0.2) is 0 Å². The lowest BCUT2D eigenvalue weighted by atomic mass is 10.0. The highest BCUT2D eigenvalue weighted by Gasteiger charge is 2.19. The summed E-state index contributed by atoms with van der Waals surface area (Å²) in [5, 5.41) is 0. The van der Waals surface area contributed by atoms with Crippen LogP contribution in [-0.4, -0.2) is 30.3 Å². The van der Waals surface area contributed by atoms with Gasteiger partial charge < -0.3 is 10.6 Å². The second-order valence-electron chi connectivity index (χ2n) is 5.08. The Morgan fingerprint density at radius 3 is 2.63 bits per heavy atom. The Morgan fingerprint density at radius 2 is 2.00 bits per heavy atom. The summed E-state index contributed by atoms with van der Waals surface area (Å²) in [6.07, 6.45) is 4.65. The molecule has 19 heavy (non-hydrogen) atoms. The van der Waals surface area contributed by atoms with E-state index >= 15 is 0 Å². The van der Waals surface area contributed by atoms with Crippen LogP contribution in [0.5, 0.6) is 0 Å². The summed E-state index contributed by atoms with van der Waals surface area (Å²) in [6.45, 7) is 1.12. The van der Waals surface area contributed by atoms with E-state index in [-0.39, 0.29) is 10.6 Å². The lowest BCUT2D eigenvalue weighted by molar-refractivity contribution is 0.182. The summed E-state index contributed by atoms with van der Waals surface area (Å²) in [6, 6.07) is 2.90. The summed E-state index contributed by atoms with van der Waals surface area (Å²) < 4.78 is 27.2. The number of piperidine rings is 1. The lowest BCUT2D eigenvalue weighted by Gasteiger charge is -2.32. The predicted molar refractivity (Wildman–Crippen MR) is 76.4 cm³/mol. The van der Waals surface area contributed by atoms with Crippen molar-refractivity contribution < 1.29 is 8.78 Å². The van der Waals surface area contributed by atoms with Gasteiger partial charge in [-0.25, -0.2) is 8.78 Å². The van der Waals surface area contributed by atoms with Crippen LogP contribution in [0, 0.1) is 11.6 Å². The number of nitrogen functional groups attached to an aromatic ring is 1. The van der Waals surface area contributed by atoms with Crippen molar-refractivity contribution in [1.82, 2.24) is 4.90 Å². The summed E-state index contributed by atoms with van der Waals surface area (Å²) in [5.74, 6) is -0.383. The molecule has 1 unspecified atom stereocenters. The van der Waals surface area contributed by atoms with E-state index < -0.39 is 11.6 Å². The molecule has 2 N–H and O–H groups in total. The van der Waals surface area contributed by atoms with Gasteiger partial charge in [0.05, 0.1) is 4.90 Å². The number of likely N-dealkylation sites (tertiary alicyclic amines) is 1. The van der Waals surface area contributed by atoms with Crippen molar-refractivity contribution in [2.75, 3.05) is 25.1 Å². The molecule has 0 amide bonds. The zero-order valence-corrected chi connectivity index (χ0v) is 12.0. The number of hydrogen-bond acceptors (Lipinski definition) is 3. The number of hydrogen-bond donors (Lipinski definition) is 1. The first-order valence-electron chi connectivity index (χ1n) is 6.65. The molecule has 2 nitrogen and oxygen atoms in total. The highest BCUT2D eigenvalue weighted by Crippen LogP contribution is 2.29. The van der Waals surface area contributed by atoms with Gasteiger partial charge in [0.2, 0.25) is 0 Å². The van der Waals surface area contributed by atoms with Gasteiger partial charge in [0, 0.05) is 11.7 Å². The standard InChI is InChI=1S/C14H20F2N2S/c1-18-6-3-2-4-11(18)5-7-19-14-12(15)8-10(17)9-13(14)16/h8-9,11H,2-7,17H2,1H3. The molecule has 1 aliphatic rings. The molecule has 1 heterocycles. The van der Waals surface area contributed by atoms with Crippen molar-refractivity contribution in [3.63, 3.8) is 0 Å². The Balaban J connectivity index is 1.89. The minimum atomic E-state index is -0.556. The summed E-state index contributed by atoms with van der Waals surface area (Å²) in [4.78, 5) is 2.44. The van der Waals surface area contributed by atoms with Crippen LogP contribution in [0.2, 0.25) is 0 Å². The topological polar surface area (TPSA) is 29.3 Å². The molecule has 106 valence electrons. The zero-order chi connectivity index (χ0) is 13.8. The van der Waals surface area contributed by atoms with Crippen LogP contribution in [0.1, 0.15) is 25.7 Å².